The molecule has 0 N–H and O–H groups in total. The van der Waals surface area contributed by atoms with Crippen molar-refractivity contribution in [3.05, 3.63) is 65.0 Å². The first-order valence-electron chi connectivity index (χ1n) is 8.33. The molecule has 1 aliphatic rings. The Labute approximate surface area is 153 Å². The fourth-order valence-electron chi connectivity index (χ4n) is 3.20. The van der Waals surface area contributed by atoms with E-state index in [0.717, 1.165) is 11.1 Å². The zero-order valence-corrected chi connectivity index (χ0v) is 16.0. The van der Waals surface area contributed by atoms with E-state index in [2.05, 4.69) is 0 Å². The van der Waals surface area contributed by atoms with Gasteiger partial charge in [-0.05, 0) is 38.0 Å². The first-order chi connectivity index (χ1) is 11.9. The SMILES string of the molecule is Cc1ccc(S(=O)(=O)N2CCS[C@H](c3ccccc3F)CC2)c(C)c1. The molecule has 0 unspecified atom stereocenters. The van der Waals surface area contributed by atoms with Crippen molar-refractivity contribution in [2.45, 2.75) is 30.4 Å². The van der Waals surface area contributed by atoms with Crippen LogP contribution >= 0.6 is 11.8 Å². The van der Waals surface area contributed by atoms with Crippen molar-refractivity contribution < 1.29 is 12.8 Å². The summed E-state index contributed by atoms with van der Waals surface area (Å²) in [4.78, 5) is 0.368. The Kier molecular flexibility index (Phi) is 5.51. The Bertz CT molecular complexity index is 867. The van der Waals surface area contributed by atoms with E-state index >= 15 is 0 Å². The van der Waals surface area contributed by atoms with Crippen LogP contribution in [0.1, 0.15) is 28.4 Å². The molecule has 0 aliphatic carbocycles. The average Bonchev–Trinajstić information content (AvgIpc) is 2.81. The van der Waals surface area contributed by atoms with E-state index in [4.69, 9.17) is 0 Å². The highest BCUT2D eigenvalue weighted by atomic mass is 32.2. The smallest absolute Gasteiger partial charge is 0.207 e. The summed E-state index contributed by atoms with van der Waals surface area (Å²) < 4.78 is 41.6. The van der Waals surface area contributed by atoms with Crippen LogP contribution in [-0.4, -0.2) is 31.6 Å². The predicted octanol–water partition coefficient (Wildman–Crippen LogP) is 4.31. The lowest BCUT2D eigenvalue weighted by molar-refractivity contribution is 0.426. The van der Waals surface area contributed by atoms with Gasteiger partial charge in [-0.25, -0.2) is 12.8 Å². The number of benzene rings is 2. The topological polar surface area (TPSA) is 37.4 Å². The van der Waals surface area contributed by atoms with Crippen LogP contribution in [0.2, 0.25) is 0 Å². The van der Waals surface area contributed by atoms with Crippen LogP contribution in [0.15, 0.2) is 47.4 Å². The fourth-order valence-corrected chi connectivity index (χ4v) is 6.23. The van der Waals surface area contributed by atoms with Gasteiger partial charge in [-0.3, -0.25) is 0 Å². The standard InChI is InChI=1S/C19H22FNO2S2/c1-14-7-8-19(15(2)13-14)25(22,23)21-10-9-18(24-12-11-21)16-5-3-4-6-17(16)20/h3-8,13,18H,9-12H2,1-2H3/t18-/m0/s1. The van der Waals surface area contributed by atoms with Crippen molar-refractivity contribution in [1.29, 1.82) is 0 Å². The molecule has 2 aromatic rings. The first kappa shape index (κ1) is 18.4. The molecule has 1 heterocycles. The normalized spacial score (nSPS) is 19.6. The van der Waals surface area contributed by atoms with E-state index in [1.807, 2.05) is 32.0 Å². The number of nitrogens with zero attached hydrogens (tertiary/aromatic N) is 1. The predicted molar refractivity (Wildman–Crippen MR) is 101 cm³/mol. The van der Waals surface area contributed by atoms with Crippen LogP contribution < -0.4 is 0 Å². The summed E-state index contributed by atoms with van der Waals surface area (Å²) in [5, 5.41) is -0.0134. The van der Waals surface area contributed by atoms with Gasteiger partial charge in [0, 0.05) is 29.7 Å². The summed E-state index contributed by atoms with van der Waals surface area (Å²) in [6.07, 6.45) is 0.607. The third kappa shape index (κ3) is 3.91. The van der Waals surface area contributed by atoms with Crippen LogP contribution in [0.25, 0.3) is 0 Å². The van der Waals surface area contributed by atoms with E-state index in [1.165, 1.54) is 6.07 Å². The lowest BCUT2D eigenvalue weighted by Crippen LogP contribution is -2.33. The summed E-state index contributed by atoms with van der Waals surface area (Å²) >= 11 is 1.63. The minimum atomic E-state index is -3.52. The molecule has 134 valence electrons. The maximum atomic E-state index is 14.0. The molecule has 1 aliphatic heterocycles. The van der Waals surface area contributed by atoms with Crippen LogP contribution in [0.5, 0.6) is 0 Å². The molecule has 2 aromatic carbocycles. The highest BCUT2D eigenvalue weighted by Crippen LogP contribution is 2.36. The highest BCUT2D eigenvalue weighted by Gasteiger charge is 2.30. The molecule has 0 radical (unpaired) electrons. The highest BCUT2D eigenvalue weighted by molar-refractivity contribution is 7.99. The Morgan fingerprint density at radius 1 is 1.12 bits per heavy atom. The molecule has 0 amide bonds. The number of aryl methyl sites for hydroxylation is 2. The summed E-state index contributed by atoms with van der Waals surface area (Å²) in [6.45, 7) is 4.63. The first-order valence-corrected chi connectivity index (χ1v) is 10.8. The van der Waals surface area contributed by atoms with Gasteiger partial charge in [-0.15, -0.1) is 0 Å². The van der Waals surface area contributed by atoms with Crippen LogP contribution in [0.3, 0.4) is 0 Å². The minimum absolute atomic E-state index is 0.0134. The zero-order chi connectivity index (χ0) is 18.0. The number of sulfonamides is 1. The van der Waals surface area contributed by atoms with Gasteiger partial charge < -0.3 is 0 Å². The summed E-state index contributed by atoms with van der Waals surface area (Å²) in [5.74, 6) is 0.439. The van der Waals surface area contributed by atoms with E-state index in [1.54, 1.807) is 34.3 Å². The van der Waals surface area contributed by atoms with Gasteiger partial charge in [0.15, 0.2) is 0 Å². The molecule has 0 aromatic heterocycles. The quantitative estimate of drug-likeness (QED) is 0.797. The second-order valence-corrected chi connectivity index (χ2v) is 9.56. The number of hydrogen-bond donors (Lipinski definition) is 0. The van der Waals surface area contributed by atoms with Crippen molar-refractivity contribution in [2.24, 2.45) is 0 Å². The molecule has 3 nitrogen and oxygen atoms in total. The van der Waals surface area contributed by atoms with Gasteiger partial charge in [0.25, 0.3) is 0 Å². The molecule has 0 saturated carbocycles. The lowest BCUT2D eigenvalue weighted by atomic mass is 10.1. The zero-order valence-electron chi connectivity index (χ0n) is 14.4. The summed E-state index contributed by atoms with van der Waals surface area (Å²) in [5.41, 5.74) is 2.48. The van der Waals surface area contributed by atoms with Gasteiger partial charge in [0.1, 0.15) is 5.82 Å². The van der Waals surface area contributed by atoms with E-state index in [-0.39, 0.29) is 11.1 Å². The Morgan fingerprint density at radius 3 is 2.60 bits per heavy atom. The fraction of sp³-hybridized carbons (Fsp3) is 0.368. The maximum Gasteiger partial charge on any atom is 0.243 e. The third-order valence-electron chi connectivity index (χ3n) is 4.50. The van der Waals surface area contributed by atoms with Gasteiger partial charge in [-0.2, -0.15) is 16.1 Å². The van der Waals surface area contributed by atoms with Crippen molar-refractivity contribution in [3.63, 3.8) is 0 Å². The molecule has 1 atom stereocenters. The molecular weight excluding hydrogens is 357 g/mol. The molecule has 1 saturated heterocycles. The van der Waals surface area contributed by atoms with Gasteiger partial charge in [-0.1, -0.05) is 35.9 Å². The van der Waals surface area contributed by atoms with E-state index in [9.17, 15) is 12.8 Å². The Hall–Kier alpha value is -1.37. The number of thioether (sulfide) groups is 1. The molecule has 25 heavy (non-hydrogen) atoms. The van der Waals surface area contributed by atoms with Crippen molar-refractivity contribution in [3.8, 4) is 0 Å². The van der Waals surface area contributed by atoms with Gasteiger partial charge >= 0.3 is 0 Å². The number of rotatable bonds is 3. The lowest BCUT2D eigenvalue weighted by Gasteiger charge is -2.21. The summed E-state index contributed by atoms with van der Waals surface area (Å²) in [7, 11) is -3.52. The Morgan fingerprint density at radius 2 is 1.88 bits per heavy atom. The maximum absolute atomic E-state index is 14.0. The number of hydrogen-bond acceptors (Lipinski definition) is 3. The molecule has 1 fully saturated rings. The monoisotopic (exact) mass is 379 g/mol. The molecule has 6 heteroatoms. The van der Waals surface area contributed by atoms with Crippen molar-refractivity contribution >= 4 is 21.8 Å². The van der Waals surface area contributed by atoms with Crippen LogP contribution in [-0.2, 0) is 10.0 Å². The van der Waals surface area contributed by atoms with E-state index in [0.29, 0.717) is 35.7 Å². The van der Waals surface area contributed by atoms with E-state index < -0.39 is 10.0 Å². The van der Waals surface area contributed by atoms with Crippen molar-refractivity contribution in [1.82, 2.24) is 4.31 Å². The average molecular weight is 380 g/mol. The molecule has 3 rings (SSSR count). The second kappa shape index (κ2) is 7.48. The van der Waals surface area contributed by atoms with Crippen LogP contribution in [0, 0.1) is 19.7 Å². The van der Waals surface area contributed by atoms with Crippen molar-refractivity contribution in [2.75, 3.05) is 18.8 Å². The largest absolute Gasteiger partial charge is 0.243 e. The molecule has 0 spiro atoms. The molecule has 0 bridgehead atoms. The Balaban J connectivity index is 1.82. The second-order valence-electron chi connectivity index (χ2n) is 6.34. The minimum Gasteiger partial charge on any atom is -0.207 e. The van der Waals surface area contributed by atoms with Gasteiger partial charge in [0.05, 0.1) is 4.90 Å². The third-order valence-corrected chi connectivity index (χ3v) is 7.87. The summed E-state index contributed by atoms with van der Waals surface area (Å²) in [6, 6.07) is 12.2. The van der Waals surface area contributed by atoms with Gasteiger partial charge in [0.2, 0.25) is 10.0 Å². The number of halogens is 1. The molecular formula is C19H22FNO2S2. The van der Waals surface area contributed by atoms with Crippen LogP contribution in [0.4, 0.5) is 4.39 Å².